The van der Waals surface area contributed by atoms with Crippen LogP contribution in [-0.4, -0.2) is 52.7 Å². The van der Waals surface area contributed by atoms with Crippen molar-refractivity contribution in [3.05, 3.63) is 62.4 Å². The molecule has 3 atom stereocenters. The molecule has 12 heteroatoms. The Morgan fingerprint density at radius 2 is 1.92 bits per heavy atom. The Balaban J connectivity index is 1.97. The van der Waals surface area contributed by atoms with Crippen molar-refractivity contribution in [3.63, 3.8) is 0 Å². The summed E-state index contributed by atoms with van der Waals surface area (Å²) in [6, 6.07) is 5.17. The minimum Gasteiger partial charge on any atom is -0.497 e. The van der Waals surface area contributed by atoms with E-state index in [1.54, 1.807) is 0 Å². The van der Waals surface area contributed by atoms with Gasteiger partial charge in [0.05, 0.1) is 19.8 Å². The van der Waals surface area contributed by atoms with E-state index in [-0.39, 0.29) is 23.2 Å². The van der Waals surface area contributed by atoms with Gasteiger partial charge in [0.15, 0.2) is 0 Å². The van der Waals surface area contributed by atoms with Crippen molar-refractivity contribution in [2.45, 2.75) is 57.2 Å². The van der Waals surface area contributed by atoms with Gasteiger partial charge in [-0.25, -0.2) is 4.79 Å². The number of benzene rings is 1. The van der Waals surface area contributed by atoms with Crippen LogP contribution in [0.1, 0.15) is 54.8 Å². The summed E-state index contributed by atoms with van der Waals surface area (Å²) in [6.07, 6.45) is -5.42. The van der Waals surface area contributed by atoms with Crippen molar-refractivity contribution >= 4 is 5.91 Å². The average molecular weight is 524 g/mol. The molecule has 0 unspecified atom stereocenters. The Morgan fingerprint density at radius 3 is 2.51 bits per heavy atom. The van der Waals surface area contributed by atoms with Crippen LogP contribution in [0, 0.1) is 11.8 Å². The summed E-state index contributed by atoms with van der Waals surface area (Å²) in [6.45, 7) is 1.49. The van der Waals surface area contributed by atoms with Crippen molar-refractivity contribution in [3.8, 4) is 17.6 Å². The molecular weight excluding hydrogens is 497 g/mol. The molecule has 0 bridgehead atoms. The van der Waals surface area contributed by atoms with Gasteiger partial charge in [0.25, 0.3) is 11.5 Å². The number of aromatic nitrogens is 2. The molecule has 2 heterocycles. The van der Waals surface area contributed by atoms with Gasteiger partial charge in [-0.3, -0.25) is 14.2 Å². The van der Waals surface area contributed by atoms with E-state index in [0.717, 1.165) is 12.8 Å². The lowest BCUT2D eigenvalue weighted by Crippen LogP contribution is -2.47. The van der Waals surface area contributed by atoms with Crippen molar-refractivity contribution < 1.29 is 37.3 Å². The van der Waals surface area contributed by atoms with Gasteiger partial charge in [-0.05, 0) is 30.7 Å². The number of carbonyl (C=O) groups is 1. The zero-order chi connectivity index (χ0) is 27.2. The van der Waals surface area contributed by atoms with Gasteiger partial charge in [-0.15, -0.1) is 5.92 Å². The van der Waals surface area contributed by atoms with Gasteiger partial charge in [0, 0.05) is 24.6 Å². The molecule has 0 spiro atoms. The number of aliphatic hydroxyl groups is 1. The lowest BCUT2D eigenvalue weighted by molar-refractivity contribution is -0.139. The van der Waals surface area contributed by atoms with Crippen LogP contribution in [0.25, 0.3) is 0 Å². The topological polar surface area (TPSA) is 109 Å². The largest absolute Gasteiger partial charge is 0.497 e. The molecule has 1 aliphatic rings. The van der Waals surface area contributed by atoms with E-state index < -0.39 is 53.9 Å². The van der Waals surface area contributed by atoms with Crippen LogP contribution in [0.15, 0.2) is 40.1 Å². The maximum absolute atomic E-state index is 13.7. The van der Waals surface area contributed by atoms with E-state index in [1.807, 2.05) is 6.92 Å². The maximum atomic E-state index is 13.7. The van der Waals surface area contributed by atoms with E-state index in [1.165, 1.54) is 31.4 Å². The van der Waals surface area contributed by atoms with Crippen LogP contribution in [0.4, 0.5) is 13.2 Å². The Hall–Kier alpha value is -3.40. The number of ether oxygens (including phenoxy) is 3. The Kier molecular flexibility index (Phi) is 9.31. The van der Waals surface area contributed by atoms with Crippen molar-refractivity contribution in [1.82, 2.24) is 9.13 Å². The predicted molar refractivity (Wildman–Crippen MR) is 125 cm³/mol. The molecule has 0 radical (unpaired) electrons. The Morgan fingerprint density at radius 1 is 1.22 bits per heavy atom. The van der Waals surface area contributed by atoms with Crippen LogP contribution < -0.4 is 16.0 Å². The second kappa shape index (κ2) is 12.2. The van der Waals surface area contributed by atoms with Crippen molar-refractivity contribution in [1.29, 1.82) is 0 Å². The third kappa shape index (κ3) is 6.49. The number of methoxy groups -OCH3 is 1. The Labute approximate surface area is 210 Å². The van der Waals surface area contributed by atoms with Crippen LogP contribution in [0.5, 0.6) is 5.75 Å². The highest BCUT2D eigenvalue weighted by atomic mass is 19.4. The number of carbonyl (C=O) groups excluding carboxylic acids is 1. The minimum atomic E-state index is -5.16. The van der Waals surface area contributed by atoms with Crippen molar-refractivity contribution in [2.24, 2.45) is 0 Å². The SMILES string of the molecule is CCCCC#CCO[C@H]1C[C@H](n2cc(C(F)(F)F)c(=O)n(C(=O)c3ccc(OC)cc3)c2=O)O[C@@H]1CO. The zero-order valence-electron chi connectivity index (χ0n) is 20.3. The van der Waals surface area contributed by atoms with Crippen LogP contribution in [-0.2, 0) is 15.7 Å². The highest BCUT2D eigenvalue weighted by molar-refractivity contribution is 5.95. The van der Waals surface area contributed by atoms with E-state index in [0.29, 0.717) is 22.9 Å². The van der Waals surface area contributed by atoms with Gasteiger partial charge in [-0.1, -0.05) is 19.3 Å². The van der Waals surface area contributed by atoms with E-state index in [9.17, 15) is 32.7 Å². The molecule has 0 amide bonds. The first-order chi connectivity index (χ1) is 17.6. The number of rotatable bonds is 8. The van der Waals surface area contributed by atoms with E-state index in [2.05, 4.69) is 11.8 Å². The van der Waals surface area contributed by atoms with Gasteiger partial charge >= 0.3 is 11.9 Å². The fourth-order valence-corrected chi connectivity index (χ4v) is 3.78. The average Bonchev–Trinajstić information content (AvgIpc) is 3.28. The third-order valence-corrected chi connectivity index (χ3v) is 5.78. The summed E-state index contributed by atoms with van der Waals surface area (Å²) in [5.41, 5.74) is -5.04. The zero-order valence-corrected chi connectivity index (χ0v) is 20.3. The smallest absolute Gasteiger partial charge is 0.423 e. The summed E-state index contributed by atoms with van der Waals surface area (Å²) in [4.78, 5) is 38.8. The first-order valence-electron chi connectivity index (χ1n) is 11.6. The summed E-state index contributed by atoms with van der Waals surface area (Å²) >= 11 is 0. The molecule has 0 saturated carbocycles. The fraction of sp³-hybridized carbons (Fsp3) is 0.480. The van der Waals surface area contributed by atoms with Crippen LogP contribution in [0.2, 0.25) is 0 Å². The molecule has 1 saturated heterocycles. The number of halogens is 3. The van der Waals surface area contributed by atoms with Gasteiger partial charge < -0.3 is 19.3 Å². The highest BCUT2D eigenvalue weighted by Crippen LogP contribution is 2.32. The van der Waals surface area contributed by atoms with E-state index in [4.69, 9.17) is 14.2 Å². The molecular formula is C25H27F3N2O7. The number of nitrogens with zero attached hydrogens (tertiary/aromatic N) is 2. The second-order valence-corrected chi connectivity index (χ2v) is 8.26. The van der Waals surface area contributed by atoms with Gasteiger partial charge in [0.2, 0.25) is 0 Å². The first kappa shape index (κ1) is 28.2. The maximum Gasteiger partial charge on any atom is 0.423 e. The van der Waals surface area contributed by atoms with E-state index >= 15 is 0 Å². The molecule has 37 heavy (non-hydrogen) atoms. The minimum absolute atomic E-state index is 0.000879. The number of aliphatic hydroxyl groups excluding tert-OH is 1. The summed E-state index contributed by atoms with van der Waals surface area (Å²) < 4.78 is 57.8. The predicted octanol–water partition coefficient (Wildman–Crippen LogP) is 2.58. The lowest BCUT2D eigenvalue weighted by atomic mass is 10.2. The molecule has 3 rings (SSSR count). The van der Waals surface area contributed by atoms with Crippen LogP contribution >= 0.6 is 0 Å². The molecule has 1 aliphatic heterocycles. The number of hydrogen-bond acceptors (Lipinski definition) is 7. The van der Waals surface area contributed by atoms with Gasteiger partial charge in [-0.2, -0.15) is 17.7 Å². The molecule has 1 N–H and O–H groups in total. The molecule has 2 aromatic rings. The molecule has 9 nitrogen and oxygen atoms in total. The van der Waals surface area contributed by atoms with Crippen molar-refractivity contribution in [2.75, 3.05) is 20.3 Å². The second-order valence-electron chi connectivity index (χ2n) is 8.26. The molecule has 0 aliphatic carbocycles. The molecule has 1 aromatic heterocycles. The molecule has 1 fully saturated rings. The fourth-order valence-electron chi connectivity index (χ4n) is 3.78. The number of unbranched alkanes of at least 4 members (excludes halogenated alkanes) is 2. The van der Waals surface area contributed by atoms with Gasteiger partial charge in [0.1, 0.15) is 30.3 Å². The first-order valence-corrected chi connectivity index (χ1v) is 11.6. The third-order valence-electron chi connectivity index (χ3n) is 5.78. The number of hydrogen-bond donors (Lipinski definition) is 1. The van der Waals surface area contributed by atoms with Crippen LogP contribution in [0.3, 0.4) is 0 Å². The highest BCUT2D eigenvalue weighted by Gasteiger charge is 2.41. The Bertz CT molecular complexity index is 1270. The summed E-state index contributed by atoms with van der Waals surface area (Å²) in [5.74, 6) is 4.86. The summed E-state index contributed by atoms with van der Waals surface area (Å²) in [7, 11) is 1.38. The quantitative estimate of drug-likeness (QED) is 0.418. The normalized spacial score (nSPS) is 19.4. The molecule has 1 aromatic carbocycles. The number of alkyl halides is 3. The standard InChI is InChI=1S/C25H27F3N2O7/c1-3-4-5-6-7-12-36-19-13-21(37-20(19)15-31)29-14-18(25(26,27)28)23(33)30(24(29)34)22(32)16-8-10-17(35-2)11-9-16/h8-11,14,19-21,31H,3-5,12-13,15H2,1-2H3/t19-,20+,21+/m0/s1. The monoisotopic (exact) mass is 524 g/mol. The summed E-state index contributed by atoms with van der Waals surface area (Å²) in [5, 5.41) is 9.68. The lowest BCUT2D eigenvalue weighted by Gasteiger charge is -2.18. The molecule has 200 valence electrons.